The number of urea groups is 1. The molecule has 0 saturated heterocycles. The zero-order chi connectivity index (χ0) is 16.0. The van der Waals surface area contributed by atoms with Gasteiger partial charge in [-0.15, -0.1) is 0 Å². The summed E-state index contributed by atoms with van der Waals surface area (Å²) >= 11 is 0. The third kappa shape index (κ3) is 4.88. The molecule has 1 aromatic carbocycles. The molecule has 0 fully saturated rings. The van der Waals surface area contributed by atoms with Crippen molar-refractivity contribution < 1.29 is 24.2 Å². The highest BCUT2D eigenvalue weighted by Crippen LogP contribution is 2.12. The molecule has 1 aromatic rings. The highest BCUT2D eigenvalue weighted by molar-refractivity contribution is 5.98. The number of rotatable bonds is 5. The lowest BCUT2D eigenvalue weighted by molar-refractivity contribution is -0.130. The van der Waals surface area contributed by atoms with Gasteiger partial charge in [0.05, 0.1) is 12.2 Å². The van der Waals surface area contributed by atoms with Crippen LogP contribution in [0.5, 0.6) is 0 Å². The lowest BCUT2D eigenvalue weighted by atomic mass is 10.1. The minimum Gasteiger partial charge on any atom is -0.448 e. The molecule has 4 N–H and O–H groups in total. The third-order valence-electron chi connectivity index (χ3n) is 2.72. The van der Waals surface area contributed by atoms with Crippen LogP contribution in [-0.4, -0.2) is 29.1 Å². The average molecular weight is 294 g/mol. The molecule has 0 aliphatic heterocycles. The maximum absolute atomic E-state index is 12.0. The van der Waals surface area contributed by atoms with Crippen LogP contribution in [0.15, 0.2) is 24.3 Å². The number of hydrogen-bond acceptors (Lipinski definition) is 5. The van der Waals surface area contributed by atoms with E-state index in [1.165, 1.54) is 12.1 Å². The van der Waals surface area contributed by atoms with E-state index in [1.54, 1.807) is 26.0 Å². The van der Waals surface area contributed by atoms with Crippen LogP contribution in [0.25, 0.3) is 0 Å². The van der Waals surface area contributed by atoms with Crippen molar-refractivity contribution in [1.82, 2.24) is 5.32 Å². The van der Waals surface area contributed by atoms with Gasteiger partial charge in [0.25, 0.3) is 5.91 Å². The number of benzene rings is 1. The lowest BCUT2D eigenvalue weighted by Crippen LogP contribution is -2.45. The van der Waals surface area contributed by atoms with Crippen molar-refractivity contribution in [3.05, 3.63) is 35.4 Å². The van der Waals surface area contributed by atoms with Crippen LogP contribution in [0.4, 0.5) is 4.79 Å². The molecule has 0 aliphatic rings. The molecule has 7 nitrogen and oxygen atoms in total. The number of aliphatic hydroxyl groups excluding tert-OH is 1. The predicted octanol–water partition coefficient (Wildman–Crippen LogP) is 0.555. The Hall–Kier alpha value is -2.41. The standard InChI is InChI=1S/C14H18N2O5/c1-8(2)11(12(18)16-14(15)20)21-13(19)10-5-3-9(7-17)4-6-10/h3-6,8,11,17H,7H2,1-2H3,(H3,15,16,18,20)/t11-/m0/s1. The molecular weight excluding hydrogens is 276 g/mol. The summed E-state index contributed by atoms with van der Waals surface area (Å²) in [5, 5.41) is 10.8. The van der Waals surface area contributed by atoms with Crippen molar-refractivity contribution in [3.63, 3.8) is 0 Å². The van der Waals surface area contributed by atoms with Gasteiger partial charge < -0.3 is 15.6 Å². The normalized spacial score (nSPS) is 11.8. The van der Waals surface area contributed by atoms with Crippen molar-refractivity contribution in [2.24, 2.45) is 11.7 Å². The molecular formula is C14H18N2O5. The van der Waals surface area contributed by atoms with Gasteiger partial charge in [-0.1, -0.05) is 26.0 Å². The number of nitrogens with one attached hydrogen (secondary N) is 1. The van der Waals surface area contributed by atoms with E-state index in [0.29, 0.717) is 5.56 Å². The van der Waals surface area contributed by atoms with Gasteiger partial charge in [0.1, 0.15) is 0 Å². The minimum atomic E-state index is -1.12. The smallest absolute Gasteiger partial charge is 0.338 e. The number of ether oxygens (including phenoxy) is 1. The van der Waals surface area contributed by atoms with E-state index in [1.807, 2.05) is 5.32 Å². The quantitative estimate of drug-likeness (QED) is 0.685. The van der Waals surface area contributed by atoms with Gasteiger partial charge in [0, 0.05) is 0 Å². The summed E-state index contributed by atoms with van der Waals surface area (Å²) in [6, 6.07) is 5.11. The molecule has 0 aromatic heterocycles. The number of imide groups is 1. The minimum absolute atomic E-state index is 0.134. The summed E-state index contributed by atoms with van der Waals surface area (Å²) in [4.78, 5) is 34.4. The monoisotopic (exact) mass is 294 g/mol. The molecule has 0 aliphatic carbocycles. The SMILES string of the molecule is CC(C)[C@H](OC(=O)c1ccc(CO)cc1)C(=O)NC(N)=O. The van der Waals surface area contributed by atoms with Gasteiger partial charge in [-0.3, -0.25) is 10.1 Å². The van der Waals surface area contributed by atoms with Crippen molar-refractivity contribution in [3.8, 4) is 0 Å². The molecule has 1 atom stereocenters. The van der Waals surface area contributed by atoms with E-state index in [0.717, 1.165) is 0 Å². The number of esters is 1. The summed E-state index contributed by atoms with van der Waals surface area (Å²) in [7, 11) is 0. The number of carbonyl (C=O) groups is 3. The topological polar surface area (TPSA) is 119 Å². The first-order valence-electron chi connectivity index (χ1n) is 6.36. The lowest BCUT2D eigenvalue weighted by Gasteiger charge is -2.19. The summed E-state index contributed by atoms with van der Waals surface area (Å²) in [6.07, 6.45) is -1.12. The van der Waals surface area contributed by atoms with Crippen molar-refractivity contribution in [2.45, 2.75) is 26.6 Å². The van der Waals surface area contributed by atoms with Crippen molar-refractivity contribution in [2.75, 3.05) is 0 Å². The first-order chi connectivity index (χ1) is 9.85. The van der Waals surface area contributed by atoms with Crippen LogP contribution in [0.1, 0.15) is 29.8 Å². The van der Waals surface area contributed by atoms with Crippen LogP contribution in [0, 0.1) is 5.92 Å². The maximum atomic E-state index is 12.0. The zero-order valence-electron chi connectivity index (χ0n) is 11.8. The van der Waals surface area contributed by atoms with Gasteiger partial charge in [-0.05, 0) is 23.6 Å². The van der Waals surface area contributed by atoms with Crippen LogP contribution in [0.2, 0.25) is 0 Å². The third-order valence-corrected chi connectivity index (χ3v) is 2.72. The number of nitrogens with two attached hydrogens (primary N) is 1. The second-order valence-electron chi connectivity index (χ2n) is 4.78. The maximum Gasteiger partial charge on any atom is 0.338 e. The Morgan fingerprint density at radius 3 is 2.24 bits per heavy atom. The number of hydrogen-bond donors (Lipinski definition) is 3. The Balaban J connectivity index is 2.80. The Bertz CT molecular complexity index is 525. The van der Waals surface area contributed by atoms with Gasteiger partial charge in [-0.2, -0.15) is 0 Å². The predicted molar refractivity (Wildman–Crippen MR) is 74.1 cm³/mol. The van der Waals surface area contributed by atoms with E-state index in [4.69, 9.17) is 15.6 Å². The highest BCUT2D eigenvalue weighted by atomic mass is 16.5. The molecule has 0 saturated carbocycles. The molecule has 21 heavy (non-hydrogen) atoms. The van der Waals surface area contributed by atoms with Crippen LogP contribution in [0.3, 0.4) is 0 Å². The summed E-state index contributed by atoms with van der Waals surface area (Å²) in [5.41, 5.74) is 5.76. The summed E-state index contributed by atoms with van der Waals surface area (Å²) < 4.78 is 5.11. The number of amides is 3. The first kappa shape index (κ1) is 16.6. The number of carbonyl (C=O) groups excluding carboxylic acids is 3. The van der Waals surface area contributed by atoms with E-state index in [2.05, 4.69) is 0 Å². The van der Waals surface area contributed by atoms with Crippen LogP contribution < -0.4 is 11.1 Å². The molecule has 1 rings (SSSR count). The fourth-order valence-corrected chi connectivity index (χ4v) is 1.61. The highest BCUT2D eigenvalue weighted by Gasteiger charge is 2.27. The van der Waals surface area contributed by atoms with Crippen molar-refractivity contribution >= 4 is 17.9 Å². The van der Waals surface area contributed by atoms with Gasteiger partial charge >= 0.3 is 12.0 Å². The number of aliphatic hydroxyl groups is 1. The fraction of sp³-hybridized carbons (Fsp3) is 0.357. The second-order valence-corrected chi connectivity index (χ2v) is 4.78. The number of primary amides is 1. The fourth-order valence-electron chi connectivity index (χ4n) is 1.61. The average Bonchev–Trinajstić information content (AvgIpc) is 2.43. The molecule has 3 amide bonds. The zero-order valence-corrected chi connectivity index (χ0v) is 11.8. The van der Waals surface area contributed by atoms with E-state index >= 15 is 0 Å². The Kier molecular flexibility index (Phi) is 5.86. The summed E-state index contributed by atoms with van der Waals surface area (Å²) in [6.45, 7) is 3.21. The molecule has 0 radical (unpaired) electrons. The molecule has 7 heteroatoms. The summed E-state index contributed by atoms with van der Waals surface area (Å²) in [5.74, 6) is -1.79. The molecule has 0 bridgehead atoms. The Morgan fingerprint density at radius 2 is 1.81 bits per heavy atom. The molecule has 0 heterocycles. The van der Waals surface area contributed by atoms with E-state index < -0.39 is 24.0 Å². The molecule has 0 unspecified atom stereocenters. The largest absolute Gasteiger partial charge is 0.448 e. The molecule has 114 valence electrons. The second kappa shape index (κ2) is 7.39. The Morgan fingerprint density at radius 1 is 1.24 bits per heavy atom. The van der Waals surface area contributed by atoms with E-state index in [9.17, 15) is 14.4 Å². The van der Waals surface area contributed by atoms with Gasteiger partial charge in [0.15, 0.2) is 6.10 Å². The Labute approximate surface area is 122 Å². The van der Waals surface area contributed by atoms with Crippen LogP contribution in [-0.2, 0) is 16.1 Å². The van der Waals surface area contributed by atoms with Crippen LogP contribution >= 0.6 is 0 Å². The van der Waals surface area contributed by atoms with Gasteiger partial charge in [0.2, 0.25) is 0 Å². The first-order valence-corrected chi connectivity index (χ1v) is 6.36. The van der Waals surface area contributed by atoms with E-state index in [-0.39, 0.29) is 18.1 Å². The van der Waals surface area contributed by atoms with Gasteiger partial charge in [-0.25, -0.2) is 9.59 Å². The van der Waals surface area contributed by atoms with Crippen molar-refractivity contribution in [1.29, 1.82) is 0 Å². The molecule has 0 spiro atoms.